The van der Waals surface area contributed by atoms with E-state index in [9.17, 15) is 14.0 Å². The van der Waals surface area contributed by atoms with Crippen LogP contribution in [0.25, 0.3) is 5.69 Å². The molecular formula is C14H15FN2O3. The molecule has 0 saturated heterocycles. The van der Waals surface area contributed by atoms with Gasteiger partial charge in [-0.25, -0.2) is 9.07 Å². The maximum atomic E-state index is 13.2. The molecule has 0 aliphatic carbocycles. The van der Waals surface area contributed by atoms with Crippen LogP contribution < -0.4 is 5.56 Å². The van der Waals surface area contributed by atoms with Crippen LogP contribution in [-0.2, 0) is 17.6 Å². The Kier molecular flexibility index (Phi) is 4.02. The van der Waals surface area contributed by atoms with Gasteiger partial charge >= 0.3 is 5.97 Å². The second-order valence-electron chi connectivity index (χ2n) is 4.44. The van der Waals surface area contributed by atoms with Gasteiger partial charge in [-0.1, -0.05) is 13.0 Å². The van der Waals surface area contributed by atoms with Crippen molar-refractivity contribution in [2.24, 2.45) is 0 Å². The number of aryl methyl sites for hydroxylation is 1. The lowest BCUT2D eigenvalue weighted by Crippen LogP contribution is -2.18. The molecule has 2 N–H and O–H groups in total. The van der Waals surface area contributed by atoms with Gasteiger partial charge in [-0.15, -0.1) is 0 Å². The number of benzene rings is 1. The number of hydrogen-bond acceptors (Lipinski definition) is 2. The third kappa shape index (κ3) is 2.79. The monoisotopic (exact) mass is 278 g/mol. The Labute approximate surface area is 114 Å². The molecule has 0 unspecified atom stereocenters. The fourth-order valence-electron chi connectivity index (χ4n) is 2.10. The van der Waals surface area contributed by atoms with Crippen LogP contribution in [0.5, 0.6) is 0 Å². The number of nitrogens with zero attached hydrogens (tertiary/aromatic N) is 1. The fourth-order valence-corrected chi connectivity index (χ4v) is 2.10. The van der Waals surface area contributed by atoms with Gasteiger partial charge in [0.05, 0.1) is 5.69 Å². The van der Waals surface area contributed by atoms with Gasteiger partial charge in [0.2, 0.25) is 0 Å². The highest BCUT2D eigenvalue weighted by atomic mass is 19.1. The van der Waals surface area contributed by atoms with Crippen LogP contribution in [0.1, 0.15) is 24.6 Å². The molecule has 0 atom stereocenters. The molecule has 2 aromatic rings. The van der Waals surface area contributed by atoms with Crippen molar-refractivity contribution in [3.05, 3.63) is 51.7 Å². The summed E-state index contributed by atoms with van der Waals surface area (Å²) in [6.45, 7) is 1.87. The summed E-state index contributed by atoms with van der Waals surface area (Å²) < 4.78 is 14.5. The zero-order chi connectivity index (χ0) is 14.7. The molecule has 0 bridgehead atoms. The van der Waals surface area contributed by atoms with E-state index in [0.717, 1.165) is 0 Å². The summed E-state index contributed by atoms with van der Waals surface area (Å²) in [6, 6.07) is 5.67. The molecule has 0 amide bonds. The van der Waals surface area contributed by atoms with Crippen LogP contribution in [0.2, 0.25) is 0 Å². The Morgan fingerprint density at radius 3 is 2.80 bits per heavy atom. The van der Waals surface area contributed by atoms with E-state index < -0.39 is 11.8 Å². The summed E-state index contributed by atoms with van der Waals surface area (Å²) in [4.78, 5) is 22.9. The van der Waals surface area contributed by atoms with E-state index in [2.05, 4.69) is 5.10 Å². The number of carbonyl (C=O) groups is 1. The number of H-pyrrole nitrogens is 1. The minimum absolute atomic E-state index is 0.108. The first-order valence-electron chi connectivity index (χ1n) is 6.33. The Bertz CT molecular complexity index is 688. The molecule has 1 heterocycles. The second-order valence-corrected chi connectivity index (χ2v) is 4.44. The van der Waals surface area contributed by atoms with Crippen molar-refractivity contribution in [2.75, 3.05) is 0 Å². The lowest BCUT2D eigenvalue weighted by atomic mass is 10.1. The zero-order valence-corrected chi connectivity index (χ0v) is 11.0. The molecule has 106 valence electrons. The largest absolute Gasteiger partial charge is 0.481 e. The number of rotatable bonds is 5. The number of hydrogen-bond donors (Lipinski definition) is 2. The third-order valence-corrected chi connectivity index (χ3v) is 3.08. The predicted molar refractivity (Wildman–Crippen MR) is 71.7 cm³/mol. The molecule has 5 nitrogen and oxygen atoms in total. The van der Waals surface area contributed by atoms with Crippen LogP contribution in [0.3, 0.4) is 0 Å². The van der Waals surface area contributed by atoms with E-state index in [-0.39, 0.29) is 18.4 Å². The van der Waals surface area contributed by atoms with Crippen molar-refractivity contribution in [3.8, 4) is 5.69 Å². The number of halogens is 1. The third-order valence-electron chi connectivity index (χ3n) is 3.08. The van der Waals surface area contributed by atoms with E-state index in [1.54, 1.807) is 6.07 Å². The maximum absolute atomic E-state index is 13.2. The number of aromatic amines is 1. The summed E-state index contributed by atoms with van der Waals surface area (Å²) in [5.74, 6) is -1.39. The molecule has 0 aliphatic rings. The van der Waals surface area contributed by atoms with Crippen LogP contribution in [0, 0.1) is 5.82 Å². The number of nitrogens with one attached hydrogen (secondary N) is 1. The summed E-state index contributed by atoms with van der Waals surface area (Å²) >= 11 is 0. The molecule has 1 aromatic heterocycles. The molecule has 2 rings (SSSR count). The SMILES string of the molecule is CCc1[nH]n(-c2cccc(F)c2)c(=O)c1CCC(=O)O. The maximum Gasteiger partial charge on any atom is 0.303 e. The highest BCUT2D eigenvalue weighted by Gasteiger charge is 2.15. The topological polar surface area (TPSA) is 75.1 Å². The fraction of sp³-hybridized carbons (Fsp3) is 0.286. The van der Waals surface area contributed by atoms with Gasteiger partial charge in [0, 0.05) is 17.7 Å². The minimum Gasteiger partial charge on any atom is -0.481 e. The molecule has 1 aromatic carbocycles. The van der Waals surface area contributed by atoms with Crippen LogP contribution in [0.15, 0.2) is 29.1 Å². The number of aliphatic carboxylic acids is 1. The van der Waals surface area contributed by atoms with Crippen LogP contribution in [0.4, 0.5) is 4.39 Å². The molecule has 0 fully saturated rings. The van der Waals surface area contributed by atoms with Crippen molar-refractivity contribution < 1.29 is 14.3 Å². The van der Waals surface area contributed by atoms with Crippen molar-refractivity contribution in [2.45, 2.75) is 26.2 Å². The smallest absolute Gasteiger partial charge is 0.303 e. The van der Waals surface area contributed by atoms with E-state index in [4.69, 9.17) is 5.11 Å². The molecule has 0 radical (unpaired) electrons. The van der Waals surface area contributed by atoms with E-state index in [1.165, 1.54) is 22.9 Å². The average molecular weight is 278 g/mol. The zero-order valence-electron chi connectivity index (χ0n) is 11.0. The van der Waals surface area contributed by atoms with Crippen molar-refractivity contribution in [3.63, 3.8) is 0 Å². The quantitative estimate of drug-likeness (QED) is 0.877. The van der Waals surface area contributed by atoms with Gasteiger partial charge in [0.15, 0.2) is 0 Å². The minimum atomic E-state index is -0.954. The van der Waals surface area contributed by atoms with Crippen molar-refractivity contribution >= 4 is 5.97 Å². The normalized spacial score (nSPS) is 10.7. The number of carboxylic acid groups (broad SMARTS) is 1. The molecule has 0 aliphatic heterocycles. The Morgan fingerprint density at radius 1 is 1.45 bits per heavy atom. The summed E-state index contributed by atoms with van der Waals surface area (Å²) in [6.07, 6.45) is 0.631. The van der Waals surface area contributed by atoms with Gasteiger partial charge in [0.25, 0.3) is 5.56 Å². The van der Waals surface area contributed by atoms with Crippen LogP contribution >= 0.6 is 0 Å². The average Bonchev–Trinajstić information content (AvgIpc) is 2.73. The van der Waals surface area contributed by atoms with Gasteiger partial charge in [-0.3, -0.25) is 14.7 Å². The Hall–Kier alpha value is -2.37. The first kappa shape index (κ1) is 14.0. The first-order chi connectivity index (χ1) is 9.52. The summed E-state index contributed by atoms with van der Waals surface area (Å²) in [5.41, 5.74) is 1.19. The van der Waals surface area contributed by atoms with Crippen molar-refractivity contribution in [1.82, 2.24) is 9.78 Å². The lowest BCUT2D eigenvalue weighted by molar-refractivity contribution is -0.136. The van der Waals surface area contributed by atoms with E-state index >= 15 is 0 Å². The molecular weight excluding hydrogens is 263 g/mol. The molecule has 6 heteroatoms. The summed E-state index contributed by atoms with van der Waals surface area (Å²) in [5, 5.41) is 11.6. The van der Waals surface area contributed by atoms with Gasteiger partial charge in [-0.2, -0.15) is 0 Å². The van der Waals surface area contributed by atoms with E-state index in [1.807, 2.05) is 6.92 Å². The molecule has 0 spiro atoms. The highest BCUT2D eigenvalue weighted by Crippen LogP contribution is 2.11. The second kappa shape index (κ2) is 5.73. The van der Waals surface area contributed by atoms with Crippen molar-refractivity contribution in [1.29, 1.82) is 0 Å². The van der Waals surface area contributed by atoms with Gasteiger partial charge in [-0.05, 0) is 31.0 Å². The van der Waals surface area contributed by atoms with Gasteiger partial charge < -0.3 is 5.11 Å². The lowest BCUT2D eigenvalue weighted by Gasteiger charge is -2.01. The molecule has 0 saturated carbocycles. The Balaban J connectivity index is 2.46. The predicted octanol–water partition coefficient (Wildman–Crippen LogP) is 1.88. The van der Waals surface area contributed by atoms with Crippen LogP contribution in [-0.4, -0.2) is 20.9 Å². The first-order valence-corrected chi connectivity index (χ1v) is 6.33. The van der Waals surface area contributed by atoms with E-state index in [0.29, 0.717) is 23.4 Å². The van der Waals surface area contributed by atoms with Gasteiger partial charge in [0.1, 0.15) is 5.82 Å². The number of aromatic nitrogens is 2. The highest BCUT2D eigenvalue weighted by molar-refractivity contribution is 5.67. The Morgan fingerprint density at radius 2 is 2.20 bits per heavy atom. The standard InChI is InChI=1S/C14H15FN2O3/c1-2-12-11(6-7-13(18)19)14(20)17(16-12)10-5-3-4-9(15)8-10/h3-5,8,16H,2,6-7H2,1H3,(H,18,19). The summed E-state index contributed by atoms with van der Waals surface area (Å²) in [7, 11) is 0. The number of carboxylic acids is 1. The molecule has 20 heavy (non-hydrogen) atoms.